The quantitative estimate of drug-likeness (QED) is 0.282. The molecule has 0 aliphatic heterocycles. The largest absolute Gasteiger partial charge is 0.444 e. The van der Waals surface area contributed by atoms with Crippen LogP contribution in [0.5, 0.6) is 0 Å². The average Bonchev–Trinajstić information content (AvgIpc) is 3.49. The van der Waals surface area contributed by atoms with Gasteiger partial charge in [0.1, 0.15) is 11.3 Å². The highest BCUT2D eigenvalue weighted by Gasteiger charge is 2.20. The van der Waals surface area contributed by atoms with Gasteiger partial charge in [-0.25, -0.2) is 9.59 Å². The predicted octanol–water partition coefficient (Wildman–Crippen LogP) is 5.96. The molecular weight excluding hydrogens is 522 g/mol. The van der Waals surface area contributed by atoms with Crippen LogP contribution in [-0.4, -0.2) is 65.5 Å². The number of nitrogens with zero attached hydrogens (tertiary/aromatic N) is 3. The van der Waals surface area contributed by atoms with Crippen LogP contribution in [0.2, 0.25) is 0 Å². The van der Waals surface area contributed by atoms with E-state index in [2.05, 4.69) is 20.5 Å². The maximum Gasteiger partial charge on any atom is 0.412 e. The van der Waals surface area contributed by atoms with E-state index in [1.807, 2.05) is 42.4 Å². The number of amides is 3. The highest BCUT2D eigenvalue weighted by Crippen LogP contribution is 2.24. The number of rotatable bonds is 11. The van der Waals surface area contributed by atoms with Crippen LogP contribution in [0, 0.1) is 0 Å². The lowest BCUT2D eigenvalue weighted by molar-refractivity contribution is 0.0635. The summed E-state index contributed by atoms with van der Waals surface area (Å²) in [6.45, 7) is 7.19. The molecule has 0 aliphatic carbocycles. The molecule has 3 heterocycles. The summed E-state index contributed by atoms with van der Waals surface area (Å²) < 4.78 is 5.31. The normalized spacial score (nSPS) is 11.3. The van der Waals surface area contributed by atoms with Gasteiger partial charge in [-0.2, -0.15) is 11.3 Å². The van der Waals surface area contributed by atoms with Crippen LogP contribution in [0.25, 0.3) is 0 Å². The first-order valence-corrected chi connectivity index (χ1v) is 14.1. The topological polar surface area (TPSA) is 104 Å². The molecule has 0 fully saturated rings. The number of hydrogen-bond donors (Lipinski definition) is 2. The number of anilines is 2. The van der Waals surface area contributed by atoms with Crippen molar-refractivity contribution in [2.75, 3.05) is 37.8 Å². The van der Waals surface area contributed by atoms with E-state index in [9.17, 15) is 14.4 Å². The molecule has 0 spiro atoms. The Kier molecular flexibility index (Phi) is 10.4. The Bertz CT molecular complexity index is 1200. The van der Waals surface area contributed by atoms with Crippen molar-refractivity contribution in [1.82, 2.24) is 14.8 Å². The molecule has 0 aliphatic rings. The number of pyridine rings is 1. The zero-order valence-electron chi connectivity index (χ0n) is 22.4. The maximum atomic E-state index is 12.9. The molecule has 204 valence electrons. The van der Waals surface area contributed by atoms with Gasteiger partial charge >= 0.3 is 12.1 Å². The van der Waals surface area contributed by atoms with Gasteiger partial charge in [-0.05, 0) is 81.9 Å². The minimum absolute atomic E-state index is 0.0979. The van der Waals surface area contributed by atoms with Crippen molar-refractivity contribution in [3.05, 3.63) is 62.7 Å². The van der Waals surface area contributed by atoms with Crippen molar-refractivity contribution >= 4 is 52.0 Å². The Labute approximate surface area is 231 Å². The van der Waals surface area contributed by atoms with E-state index in [1.165, 1.54) is 22.7 Å². The summed E-state index contributed by atoms with van der Waals surface area (Å²) in [7, 11) is 4.00. The van der Waals surface area contributed by atoms with Gasteiger partial charge in [0.2, 0.25) is 0 Å². The second-order valence-corrected chi connectivity index (χ2v) is 11.6. The summed E-state index contributed by atoms with van der Waals surface area (Å²) in [5, 5.41) is 13.1. The lowest BCUT2D eigenvalue weighted by atomic mass is 10.1. The standard InChI is InChI=1S/C27H35N5O4S2/c1-27(2,3)36-26(35)30-23-18-38-16-20(23)13-24(33)22-8-7-19(14-28-22)15-32(11-6-10-31(4)5)25(34)29-21-9-12-37-17-21/h7-9,12,14,16-18H,6,10-11,13,15H2,1-5H3,(H,29,34)(H,30,35). The van der Waals surface area contributed by atoms with Gasteiger partial charge in [0.25, 0.3) is 0 Å². The molecule has 9 nitrogen and oxygen atoms in total. The summed E-state index contributed by atoms with van der Waals surface area (Å²) in [6.07, 6.45) is 2.00. The van der Waals surface area contributed by atoms with E-state index in [-0.39, 0.29) is 18.2 Å². The summed E-state index contributed by atoms with van der Waals surface area (Å²) in [4.78, 5) is 46.2. The Hall–Kier alpha value is -3.28. The van der Waals surface area contributed by atoms with Crippen LogP contribution in [0.4, 0.5) is 21.0 Å². The number of carbonyl (C=O) groups is 3. The van der Waals surface area contributed by atoms with E-state index < -0.39 is 11.7 Å². The average molecular weight is 558 g/mol. The van der Waals surface area contributed by atoms with Crippen LogP contribution >= 0.6 is 22.7 Å². The van der Waals surface area contributed by atoms with Crippen molar-refractivity contribution in [2.45, 2.75) is 45.8 Å². The molecule has 11 heteroatoms. The van der Waals surface area contributed by atoms with E-state index in [0.717, 1.165) is 24.2 Å². The third kappa shape index (κ3) is 9.55. The van der Waals surface area contributed by atoms with E-state index in [4.69, 9.17) is 4.74 Å². The van der Waals surface area contributed by atoms with Crippen LogP contribution in [-0.2, 0) is 17.7 Å². The Morgan fingerprint density at radius 2 is 1.79 bits per heavy atom. The fraction of sp³-hybridized carbons (Fsp3) is 0.407. The van der Waals surface area contributed by atoms with Crippen LogP contribution in [0.15, 0.2) is 45.9 Å². The summed E-state index contributed by atoms with van der Waals surface area (Å²) >= 11 is 2.92. The van der Waals surface area contributed by atoms with Crippen molar-refractivity contribution in [1.29, 1.82) is 0 Å². The fourth-order valence-corrected chi connectivity index (χ4v) is 4.90. The third-order valence-electron chi connectivity index (χ3n) is 5.31. The Morgan fingerprint density at radius 1 is 1.00 bits per heavy atom. The molecule has 38 heavy (non-hydrogen) atoms. The molecule has 3 aromatic heterocycles. The highest BCUT2D eigenvalue weighted by molar-refractivity contribution is 7.08. The number of aromatic nitrogens is 1. The second kappa shape index (κ2) is 13.5. The predicted molar refractivity (Wildman–Crippen MR) is 153 cm³/mol. The second-order valence-electron chi connectivity index (χ2n) is 10.1. The lowest BCUT2D eigenvalue weighted by Crippen LogP contribution is -2.36. The molecule has 0 bridgehead atoms. The van der Waals surface area contributed by atoms with Gasteiger partial charge in [-0.3, -0.25) is 15.1 Å². The molecule has 2 N–H and O–H groups in total. The minimum atomic E-state index is -0.617. The molecule has 0 unspecified atom stereocenters. The van der Waals surface area contributed by atoms with Gasteiger partial charge in [0.15, 0.2) is 5.78 Å². The number of nitrogens with one attached hydrogen (secondary N) is 2. The van der Waals surface area contributed by atoms with Crippen LogP contribution < -0.4 is 10.6 Å². The van der Waals surface area contributed by atoms with Gasteiger partial charge in [0, 0.05) is 36.5 Å². The number of carbonyl (C=O) groups excluding carboxylic acids is 3. The summed E-state index contributed by atoms with van der Waals surface area (Å²) in [6, 6.07) is 5.19. The van der Waals surface area contributed by atoms with E-state index in [0.29, 0.717) is 30.0 Å². The van der Waals surface area contributed by atoms with Gasteiger partial charge in [-0.15, -0.1) is 11.3 Å². The van der Waals surface area contributed by atoms with Crippen LogP contribution in [0.3, 0.4) is 0 Å². The molecule has 3 amide bonds. The zero-order chi connectivity index (χ0) is 27.7. The monoisotopic (exact) mass is 557 g/mol. The summed E-state index contributed by atoms with van der Waals surface area (Å²) in [5.41, 5.74) is 2.56. The van der Waals surface area contributed by atoms with Crippen molar-refractivity contribution in [3.8, 4) is 0 Å². The molecule has 0 aromatic carbocycles. The SMILES string of the molecule is CN(C)CCCN(Cc1ccc(C(=O)Cc2cscc2NC(=O)OC(C)(C)C)nc1)C(=O)Nc1ccsc1. The van der Waals surface area contributed by atoms with Crippen molar-refractivity contribution in [2.24, 2.45) is 0 Å². The van der Waals surface area contributed by atoms with Gasteiger partial charge in [-0.1, -0.05) is 6.07 Å². The third-order valence-corrected chi connectivity index (χ3v) is 6.78. The molecule has 3 rings (SSSR count). The fourth-order valence-electron chi connectivity index (χ4n) is 3.52. The van der Waals surface area contributed by atoms with Gasteiger partial charge in [0.05, 0.1) is 11.4 Å². The Morgan fingerprint density at radius 3 is 2.42 bits per heavy atom. The van der Waals surface area contributed by atoms with Crippen molar-refractivity contribution in [3.63, 3.8) is 0 Å². The maximum absolute atomic E-state index is 12.9. The number of ketones is 1. The molecule has 3 aromatic rings. The van der Waals surface area contributed by atoms with E-state index >= 15 is 0 Å². The molecule has 0 saturated heterocycles. The highest BCUT2D eigenvalue weighted by atomic mass is 32.1. The number of thiophene rings is 2. The first-order valence-electron chi connectivity index (χ1n) is 12.3. The Balaban J connectivity index is 1.62. The zero-order valence-corrected chi connectivity index (χ0v) is 24.1. The number of hydrogen-bond acceptors (Lipinski definition) is 8. The molecular formula is C27H35N5O4S2. The molecule has 0 atom stereocenters. The first-order chi connectivity index (χ1) is 18.0. The number of Topliss-reactive ketones (excluding diaryl/α,β-unsaturated/α-hetero) is 1. The minimum Gasteiger partial charge on any atom is -0.444 e. The molecule has 0 saturated carbocycles. The van der Waals surface area contributed by atoms with Crippen molar-refractivity contribution < 1.29 is 19.1 Å². The lowest BCUT2D eigenvalue weighted by Gasteiger charge is -2.24. The summed E-state index contributed by atoms with van der Waals surface area (Å²) in [5.74, 6) is -0.166. The van der Waals surface area contributed by atoms with Crippen LogP contribution in [0.1, 0.15) is 48.8 Å². The van der Waals surface area contributed by atoms with E-state index in [1.54, 1.807) is 43.3 Å². The smallest absolute Gasteiger partial charge is 0.412 e. The first kappa shape index (κ1) is 29.3. The number of urea groups is 1. The number of ether oxygens (including phenoxy) is 1. The molecule has 0 radical (unpaired) electrons. The van der Waals surface area contributed by atoms with Gasteiger partial charge < -0.3 is 19.9 Å².